The van der Waals surface area contributed by atoms with Crippen molar-refractivity contribution in [2.24, 2.45) is 0 Å². The Hall–Kier alpha value is -3.01. The van der Waals surface area contributed by atoms with Crippen LogP contribution in [-0.2, 0) is 24.1 Å². The van der Waals surface area contributed by atoms with Gasteiger partial charge < -0.3 is 18.6 Å². The quantitative estimate of drug-likeness (QED) is 0.258. The third-order valence-corrected chi connectivity index (χ3v) is 6.15. The predicted molar refractivity (Wildman–Crippen MR) is 127 cm³/mol. The Balaban J connectivity index is 1.53. The smallest absolute Gasteiger partial charge is 0.450 e. The molecule has 0 amide bonds. The molecule has 10 heteroatoms. The van der Waals surface area contributed by atoms with E-state index in [0.717, 1.165) is 5.56 Å². The number of hydrogen-bond acceptors (Lipinski definition) is 5. The molecule has 1 aromatic heterocycles. The van der Waals surface area contributed by atoms with Crippen LogP contribution in [0, 0.1) is 0 Å². The van der Waals surface area contributed by atoms with Gasteiger partial charge >= 0.3 is 6.18 Å². The van der Waals surface area contributed by atoms with E-state index in [9.17, 15) is 18.0 Å². The van der Waals surface area contributed by atoms with Crippen molar-refractivity contribution in [2.45, 2.75) is 19.4 Å². The molecule has 0 aliphatic carbocycles. The summed E-state index contributed by atoms with van der Waals surface area (Å²) in [5.74, 6) is -0.566. The third-order valence-electron chi connectivity index (χ3n) is 5.40. The first-order chi connectivity index (χ1) is 16.7. The Kier molecular flexibility index (Phi) is 6.25. The third kappa shape index (κ3) is 4.76. The van der Waals surface area contributed by atoms with E-state index in [1.165, 1.54) is 30.3 Å². The van der Waals surface area contributed by atoms with Crippen molar-refractivity contribution in [3.8, 4) is 22.6 Å². The Labute approximate surface area is 210 Å². The lowest BCUT2D eigenvalue weighted by Crippen LogP contribution is -2.16. The summed E-state index contributed by atoms with van der Waals surface area (Å²) in [6.07, 6.45) is -4.88. The molecule has 4 aromatic rings. The minimum atomic E-state index is -4.88. The standard InChI is InChI=1S/C25H15BrClF3O5/c26-16-3-1-13(2-4-16)21-22(31)19-6-5-18(9-20(19)35-24(21)25(28,29)30)33-11-15-8-17(27)7-14-10-32-12-34-23(14)15/h1-9H,10-12H2. The van der Waals surface area contributed by atoms with Crippen molar-refractivity contribution < 1.29 is 31.8 Å². The van der Waals surface area contributed by atoms with E-state index in [1.54, 1.807) is 24.3 Å². The van der Waals surface area contributed by atoms with Crippen molar-refractivity contribution in [3.63, 3.8) is 0 Å². The number of rotatable bonds is 4. The summed E-state index contributed by atoms with van der Waals surface area (Å²) in [5.41, 5.74) is -0.0495. The van der Waals surface area contributed by atoms with E-state index in [0.29, 0.717) is 27.4 Å². The van der Waals surface area contributed by atoms with Crippen LogP contribution in [0.15, 0.2) is 68.3 Å². The highest BCUT2D eigenvalue weighted by Crippen LogP contribution is 2.38. The molecular formula is C25H15BrClF3O5. The van der Waals surface area contributed by atoms with Crippen molar-refractivity contribution in [1.29, 1.82) is 0 Å². The first-order valence-electron chi connectivity index (χ1n) is 10.3. The van der Waals surface area contributed by atoms with Gasteiger partial charge in [-0.2, -0.15) is 13.2 Å². The second-order valence-electron chi connectivity index (χ2n) is 7.75. The van der Waals surface area contributed by atoms with Crippen molar-refractivity contribution in [1.82, 2.24) is 0 Å². The number of fused-ring (bicyclic) bond motifs is 2. The fraction of sp³-hybridized carbons (Fsp3) is 0.160. The Morgan fingerprint density at radius 3 is 2.57 bits per heavy atom. The Morgan fingerprint density at radius 1 is 1.06 bits per heavy atom. The van der Waals surface area contributed by atoms with E-state index in [1.807, 2.05) is 0 Å². The lowest BCUT2D eigenvalue weighted by Gasteiger charge is -2.21. The van der Waals surface area contributed by atoms with Crippen LogP contribution in [0.1, 0.15) is 16.9 Å². The van der Waals surface area contributed by atoms with Crippen LogP contribution >= 0.6 is 27.5 Å². The lowest BCUT2D eigenvalue weighted by molar-refractivity contribution is -0.152. The zero-order valence-corrected chi connectivity index (χ0v) is 20.1. The van der Waals surface area contributed by atoms with Crippen LogP contribution in [-0.4, -0.2) is 6.79 Å². The van der Waals surface area contributed by atoms with Gasteiger partial charge in [-0.3, -0.25) is 4.79 Å². The largest absolute Gasteiger partial charge is 0.489 e. The lowest BCUT2D eigenvalue weighted by atomic mass is 10.0. The van der Waals surface area contributed by atoms with Crippen LogP contribution in [0.5, 0.6) is 11.5 Å². The molecule has 2 heterocycles. The molecular weight excluding hydrogens is 553 g/mol. The summed E-state index contributed by atoms with van der Waals surface area (Å²) >= 11 is 9.41. The average molecular weight is 568 g/mol. The summed E-state index contributed by atoms with van der Waals surface area (Å²) in [6.45, 7) is 0.455. The normalized spacial score (nSPS) is 13.4. The van der Waals surface area contributed by atoms with Gasteiger partial charge in [-0.15, -0.1) is 0 Å². The molecule has 1 aliphatic rings. The van der Waals surface area contributed by atoms with Crippen LogP contribution in [0.4, 0.5) is 13.2 Å². The maximum absolute atomic E-state index is 13.9. The fourth-order valence-corrected chi connectivity index (χ4v) is 4.39. The molecule has 0 saturated carbocycles. The maximum Gasteiger partial charge on any atom is 0.450 e. The van der Waals surface area contributed by atoms with Crippen LogP contribution in [0.2, 0.25) is 5.02 Å². The molecule has 0 unspecified atom stereocenters. The van der Waals surface area contributed by atoms with Crippen LogP contribution in [0.3, 0.4) is 0 Å². The second kappa shape index (κ2) is 9.22. The molecule has 1 aliphatic heterocycles. The van der Waals surface area contributed by atoms with E-state index >= 15 is 0 Å². The SMILES string of the molecule is O=c1c(-c2ccc(Br)cc2)c(C(F)(F)F)oc2cc(OCc3cc(Cl)cc4c3OCOC4)ccc12. The van der Waals surface area contributed by atoms with Gasteiger partial charge in [0.2, 0.25) is 11.2 Å². The molecule has 0 bridgehead atoms. The first kappa shape index (κ1) is 23.7. The zero-order chi connectivity index (χ0) is 24.7. The maximum atomic E-state index is 13.9. The zero-order valence-electron chi connectivity index (χ0n) is 17.7. The monoisotopic (exact) mass is 566 g/mol. The van der Waals surface area contributed by atoms with Gasteiger partial charge in [0.15, 0.2) is 6.79 Å². The Morgan fingerprint density at radius 2 is 1.83 bits per heavy atom. The van der Waals surface area contributed by atoms with E-state index in [-0.39, 0.29) is 35.7 Å². The second-order valence-corrected chi connectivity index (χ2v) is 9.10. The molecule has 0 fully saturated rings. The minimum absolute atomic E-state index is 0.00360. The minimum Gasteiger partial charge on any atom is -0.489 e. The van der Waals surface area contributed by atoms with Crippen LogP contribution < -0.4 is 14.9 Å². The summed E-state index contributed by atoms with van der Waals surface area (Å²) in [7, 11) is 0. The van der Waals surface area contributed by atoms with Crippen molar-refractivity contribution >= 4 is 38.5 Å². The van der Waals surface area contributed by atoms with Crippen molar-refractivity contribution in [3.05, 3.63) is 91.2 Å². The van der Waals surface area contributed by atoms with Gasteiger partial charge in [0.25, 0.3) is 0 Å². The predicted octanol–water partition coefficient (Wildman–Crippen LogP) is 7.34. The molecule has 0 atom stereocenters. The summed E-state index contributed by atoms with van der Waals surface area (Å²) in [5, 5.41) is 0.472. The number of ether oxygens (including phenoxy) is 3. The highest BCUT2D eigenvalue weighted by molar-refractivity contribution is 9.10. The fourth-order valence-electron chi connectivity index (χ4n) is 3.87. The van der Waals surface area contributed by atoms with Gasteiger partial charge in [0.1, 0.15) is 23.7 Å². The summed E-state index contributed by atoms with van der Waals surface area (Å²) in [6, 6.07) is 13.5. The van der Waals surface area contributed by atoms with Crippen molar-refractivity contribution in [2.75, 3.05) is 6.79 Å². The number of benzene rings is 3. The number of alkyl halides is 3. The van der Waals surface area contributed by atoms with Gasteiger partial charge in [0.05, 0.1) is 17.6 Å². The Bertz CT molecular complexity index is 1480. The topological polar surface area (TPSA) is 57.9 Å². The molecule has 180 valence electrons. The highest BCUT2D eigenvalue weighted by atomic mass is 79.9. The molecule has 0 saturated heterocycles. The van der Waals surface area contributed by atoms with Gasteiger partial charge in [0, 0.05) is 26.7 Å². The molecule has 0 radical (unpaired) electrons. The van der Waals surface area contributed by atoms with Gasteiger partial charge in [-0.1, -0.05) is 39.7 Å². The molecule has 35 heavy (non-hydrogen) atoms. The number of hydrogen-bond donors (Lipinski definition) is 0. The van der Waals surface area contributed by atoms with E-state index in [2.05, 4.69) is 15.9 Å². The molecule has 0 spiro atoms. The molecule has 3 aromatic carbocycles. The average Bonchev–Trinajstić information content (AvgIpc) is 2.82. The molecule has 5 rings (SSSR count). The molecule has 0 N–H and O–H groups in total. The summed E-state index contributed by atoms with van der Waals surface area (Å²) in [4.78, 5) is 13.1. The van der Waals surface area contributed by atoms with E-state index < -0.39 is 22.9 Å². The van der Waals surface area contributed by atoms with E-state index in [4.69, 9.17) is 30.2 Å². The molecule has 5 nitrogen and oxygen atoms in total. The number of halogens is 5. The van der Waals surface area contributed by atoms with Crippen LogP contribution in [0.25, 0.3) is 22.1 Å². The first-order valence-corrected chi connectivity index (χ1v) is 11.5. The van der Waals surface area contributed by atoms with Gasteiger partial charge in [-0.25, -0.2) is 0 Å². The summed E-state index contributed by atoms with van der Waals surface area (Å²) < 4.78 is 64.1. The highest BCUT2D eigenvalue weighted by Gasteiger charge is 2.39. The van der Waals surface area contributed by atoms with Gasteiger partial charge in [-0.05, 0) is 42.0 Å².